The number of benzene rings is 1. The zero-order chi connectivity index (χ0) is 18.9. The minimum Gasteiger partial charge on any atom is -0.350 e. The maximum atomic E-state index is 13.1. The highest BCUT2D eigenvalue weighted by atomic mass is 32.1. The number of hydrogen-bond donors (Lipinski definition) is 1. The third-order valence-corrected chi connectivity index (χ3v) is 4.89. The number of aromatic nitrogens is 2. The molecule has 2 heterocycles. The largest absolute Gasteiger partial charge is 0.350 e. The molecule has 0 aliphatic rings. The van der Waals surface area contributed by atoms with Gasteiger partial charge in [0, 0.05) is 30.2 Å². The lowest BCUT2D eigenvalue weighted by atomic mass is 9.93. The molecule has 3 rings (SSSR count). The van der Waals surface area contributed by atoms with Crippen LogP contribution in [0, 0.1) is 11.2 Å². The fraction of sp³-hybridized carbons (Fsp3) is 0.368. The third kappa shape index (κ3) is 4.11. The van der Waals surface area contributed by atoms with Gasteiger partial charge in [0.15, 0.2) is 4.96 Å². The van der Waals surface area contributed by atoms with E-state index >= 15 is 0 Å². The summed E-state index contributed by atoms with van der Waals surface area (Å²) < 4.78 is 14.9. The predicted molar refractivity (Wildman–Crippen MR) is 103 cm³/mol. The number of fused-ring (bicyclic) bond motifs is 1. The predicted octanol–water partition coefficient (Wildman–Crippen LogP) is 3.52. The van der Waals surface area contributed by atoms with Crippen molar-refractivity contribution >= 4 is 22.2 Å². The van der Waals surface area contributed by atoms with E-state index in [0.717, 1.165) is 22.8 Å². The third-order valence-electron chi connectivity index (χ3n) is 4.05. The lowest BCUT2D eigenvalue weighted by Gasteiger charge is -2.28. The molecule has 7 heteroatoms. The van der Waals surface area contributed by atoms with Crippen molar-refractivity contribution in [3.8, 4) is 11.3 Å². The summed E-state index contributed by atoms with van der Waals surface area (Å²) in [5, 5.41) is 4.83. The van der Waals surface area contributed by atoms with Crippen LogP contribution in [0.2, 0.25) is 0 Å². The molecule has 1 aromatic carbocycles. The first-order chi connectivity index (χ1) is 12.2. The quantitative estimate of drug-likeness (QED) is 0.718. The molecule has 5 nitrogen and oxygen atoms in total. The van der Waals surface area contributed by atoms with Crippen LogP contribution in [0.15, 0.2) is 35.8 Å². The summed E-state index contributed by atoms with van der Waals surface area (Å²) in [7, 11) is 4.04. The van der Waals surface area contributed by atoms with Gasteiger partial charge in [-0.05, 0) is 43.8 Å². The molecule has 0 spiro atoms. The minimum atomic E-state index is -0.282. The lowest BCUT2D eigenvalue weighted by molar-refractivity contribution is 0.0923. The van der Waals surface area contributed by atoms with Gasteiger partial charge in [-0.2, -0.15) is 0 Å². The molecule has 0 radical (unpaired) electrons. The van der Waals surface area contributed by atoms with Crippen molar-refractivity contribution in [2.24, 2.45) is 5.41 Å². The lowest BCUT2D eigenvalue weighted by Crippen LogP contribution is -2.40. The highest BCUT2D eigenvalue weighted by Gasteiger charge is 2.22. The molecule has 1 N–H and O–H groups in total. The van der Waals surface area contributed by atoms with Crippen molar-refractivity contribution in [3.63, 3.8) is 0 Å². The zero-order valence-electron chi connectivity index (χ0n) is 15.4. The van der Waals surface area contributed by atoms with E-state index in [-0.39, 0.29) is 17.1 Å². The number of amides is 1. The number of halogens is 1. The molecule has 1 amide bonds. The number of nitrogens with one attached hydrogen (secondary N) is 1. The molecule has 0 saturated heterocycles. The van der Waals surface area contributed by atoms with Crippen LogP contribution in [-0.4, -0.2) is 47.4 Å². The Balaban J connectivity index is 1.78. The van der Waals surface area contributed by atoms with Crippen molar-refractivity contribution < 1.29 is 9.18 Å². The van der Waals surface area contributed by atoms with Crippen LogP contribution in [0.1, 0.15) is 24.3 Å². The van der Waals surface area contributed by atoms with Gasteiger partial charge in [-0.25, -0.2) is 9.37 Å². The van der Waals surface area contributed by atoms with Gasteiger partial charge >= 0.3 is 0 Å². The molecule has 2 aromatic heterocycles. The monoisotopic (exact) mass is 374 g/mol. The fourth-order valence-corrected chi connectivity index (χ4v) is 3.88. The molecule has 0 bridgehead atoms. The first kappa shape index (κ1) is 18.5. The van der Waals surface area contributed by atoms with Gasteiger partial charge in [0.25, 0.3) is 5.91 Å². The maximum absolute atomic E-state index is 13.1. The summed E-state index contributed by atoms with van der Waals surface area (Å²) in [6, 6.07) is 6.18. The second kappa shape index (κ2) is 7.17. The first-order valence-electron chi connectivity index (χ1n) is 8.41. The Hall–Kier alpha value is -2.25. The highest BCUT2D eigenvalue weighted by molar-refractivity contribution is 7.15. The van der Waals surface area contributed by atoms with Crippen LogP contribution in [-0.2, 0) is 0 Å². The highest BCUT2D eigenvalue weighted by Crippen LogP contribution is 2.24. The normalized spacial score (nSPS) is 12.1. The van der Waals surface area contributed by atoms with Crippen molar-refractivity contribution in [3.05, 3.63) is 47.4 Å². The summed E-state index contributed by atoms with van der Waals surface area (Å²) >= 11 is 1.41. The summed E-state index contributed by atoms with van der Waals surface area (Å²) in [6.45, 7) is 5.72. The Morgan fingerprint density at radius 2 is 2.00 bits per heavy atom. The molecule has 26 heavy (non-hydrogen) atoms. The summed E-state index contributed by atoms with van der Waals surface area (Å²) in [4.78, 5) is 20.0. The van der Waals surface area contributed by atoms with Crippen LogP contribution in [0.5, 0.6) is 0 Å². The molecule has 138 valence electrons. The van der Waals surface area contributed by atoms with E-state index < -0.39 is 0 Å². The number of carbonyl (C=O) groups is 1. The first-order valence-corrected chi connectivity index (χ1v) is 9.29. The van der Waals surface area contributed by atoms with Crippen LogP contribution in [0.25, 0.3) is 16.2 Å². The van der Waals surface area contributed by atoms with Gasteiger partial charge in [-0.3, -0.25) is 9.20 Å². The number of carbonyl (C=O) groups excluding carboxylic acids is 1. The summed E-state index contributed by atoms with van der Waals surface area (Å²) in [5.74, 6) is -0.402. The van der Waals surface area contributed by atoms with Crippen LogP contribution in [0.4, 0.5) is 4.39 Å². The minimum absolute atomic E-state index is 0.0253. The van der Waals surface area contributed by atoms with Crippen LogP contribution in [0.3, 0.4) is 0 Å². The molecule has 0 aliphatic carbocycles. The van der Waals surface area contributed by atoms with Gasteiger partial charge < -0.3 is 10.2 Å². The molecule has 3 aromatic rings. The Kier molecular flexibility index (Phi) is 5.11. The number of nitrogens with zero attached hydrogens (tertiary/aromatic N) is 3. The fourth-order valence-electron chi connectivity index (χ4n) is 3.03. The van der Waals surface area contributed by atoms with Crippen molar-refractivity contribution in [1.29, 1.82) is 0 Å². The molecule has 0 fully saturated rings. The molecular weight excluding hydrogens is 351 g/mol. The molecular formula is C19H23FN4OS. The van der Waals surface area contributed by atoms with Gasteiger partial charge in [0.05, 0.1) is 5.69 Å². The Labute approximate surface area is 156 Å². The van der Waals surface area contributed by atoms with E-state index in [1.54, 1.807) is 16.5 Å². The van der Waals surface area contributed by atoms with E-state index in [2.05, 4.69) is 29.0 Å². The van der Waals surface area contributed by atoms with E-state index in [9.17, 15) is 9.18 Å². The Morgan fingerprint density at radius 1 is 1.31 bits per heavy atom. The second-order valence-corrected chi connectivity index (χ2v) is 8.33. The van der Waals surface area contributed by atoms with E-state index in [1.807, 2.05) is 25.7 Å². The van der Waals surface area contributed by atoms with Gasteiger partial charge in [-0.15, -0.1) is 11.3 Å². The molecule has 0 atom stereocenters. The average Bonchev–Trinajstić information content (AvgIpc) is 3.12. The van der Waals surface area contributed by atoms with Crippen molar-refractivity contribution in [2.75, 3.05) is 27.2 Å². The standard InChI is InChI=1S/C19H23FN4OS/c1-19(2,12-23(3)4)11-21-17(25)16-10-26-18-22-15(9-24(16)18)13-5-7-14(20)8-6-13/h5-10H,11-12H2,1-4H3,(H,21,25). The topological polar surface area (TPSA) is 49.6 Å². The van der Waals surface area contributed by atoms with Gasteiger partial charge in [0.1, 0.15) is 11.5 Å². The average molecular weight is 374 g/mol. The van der Waals surface area contributed by atoms with E-state index in [1.165, 1.54) is 23.5 Å². The SMILES string of the molecule is CN(C)CC(C)(C)CNC(=O)c1csc2nc(-c3ccc(F)cc3)cn12. The summed E-state index contributed by atoms with van der Waals surface area (Å²) in [5.41, 5.74) is 2.08. The van der Waals surface area contributed by atoms with Gasteiger partial charge in [-0.1, -0.05) is 13.8 Å². The van der Waals surface area contributed by atoms with Crippen LogP contribution >= 0.6 is 11.3 Å². The van der Waals surface area contributed by atoms with E-state index in [4.69, 9.17) is 0 Å². The van der Waals surface area contributed by atoms with Gasteiger partial charge in [0.2, 0.25) is 0 Å². The Bertz CT molecular complexity index is 911. The number of rotatable bonds is 6. The van der Waals surface area contributed by atoms with Crippen molar-refractivity contribution in [2.45, 2.75) is 13.8 Å². The van der Waals surface area contributed by atoms with E-state index in [0.29, 0.717) is 12.2 Å². The smallest absolute Gasteiger partial charge is 0.269 e. The molecule has 0 unspecified atom stereocenters. The molecule has 0 aliphatic heterocycles. The molecule has 0 saturated carbocycles. The van der Waals surface area contributed by atoms with Crippen LogP contribution < -0.4 is 5.32 Å². The summed E-state index contributed by atoms with van der Waals surface area (Å²) in [6.07, 6.45) is 1.82. The second-order valence-electron chi connectivity index (χ2n) is 7.49. The Morgan fingerprint density at radius 3 is 2.65 bits per heavy atom. The maximum Gasteiger partial charge on any atom is 0.269 e. The number of hydrogen-bond acceptors (Lipinski definition) is 4. The zero-order valence-corrected chi connectivity index (χ0v) is 16.2. The number of thiazole rings is 1. The van der Waals surface area contributed by atoms with Crippen molar-refractivity contribution in [1.82, 2.24) is 19.6 Å². The number of imidazole rings is 1.